The van der Waals surface area contributed by atoms with Crippen LogP contribution in [0.4, 0.5) is 24.5 Å². The van der Waals surface area contributed by atoms with Crippen molar-refractivity contribution in [2.24, 2.45) is 0 Å². The van der Waals surface area contributed by atoms with Gasteiger partial charge >= 0.3 is 6.18 Å². The van der Waals surface area contributed by atoms with Crippen LogP contribution in [0.15, 0.2) is 54.7 Å². The molecule has 32 heavy (non-hydrogen) atoms. The van der Waals surface area contributed by atoms with Crippen LogP contribution in [0, 0.1) is 11.3 Å². The molecule has 2 fully saturated rings. The summed E-state index contributed by atoms with van der Waals surface area (Å²) in [6.07, 6.45) is -1.79. The number of nitriles is 1. The van der Waals surface area contributed by atoms with Gasteiger partial charge in [0.1, 0.15) is 11.6 Å². The van der Waals surface area contributed by atoms with Gasteiger partial charge in [0.05, 0.1) is 17.4 Å². The van der Waals surface area contributed by atoms with Crippen LogP contribution >= 0.6 is 12.2 Å². The van der Waals surface area contributed by atoms with Gasteiger partial charge in [0.2, 0.25) is 0 Å². The highest BCUT2D eigenvalue weighted by molar-refractivity contribution is 7.81. The summed E-state index contributed by atoms with van der Waals surface area (Å²) in [6, 6.07) is 15.7. The summed E-state index contributed by atoms with van der Waals surface area (Å²) in [7, 11) is 0. The number of aromatic nitrogens is 1. The van der Waals surface area contributed by atoms with Gasteiger partial charge in [-0.3, -0.25) is 9.69 Å². The van der Waals surface area contributed by atoms with Crippen LogP contribution < -0.4 is 9.80 Å². The summed E-state index contributed by atoms with van der Waals surface area (Å²) < 4.78 is 40.4. The Hall–Kier alpha value is -3.51. The molecular weight excluding hydrogens is 437 g/mol. The zero-order chi connectivity index (χ0) is 22.7. The molecule has 1 saturated heterocycles. The van der Waals surface area contributed by atoms with Crippen LogP contribution in [0.5, 0.6) is 0 Å². The highest BCUT2D eigenvalue weighted by Crippen LogP contribution is 2.48. The molecule has 1 spiro atoms. The first-order chi connectivity index (χ1) is 15.3. The smallest absolute Gasteiger partial charge is 0.303 e. The Morgan fingerprint density at radius 2 is 1.78 bits per heavy atom. The molecule has 1 aliphatic heterocycles. The third-order valence-corrected chi connectivity index (χ3v) is 6.49. The van der Waals surface area contributed by atoms with Gasteiger partial charge in [0, 0.05) is 5.69 Å². The lowest BCUT2D eigenvalue weighted by Crippen LogP contribution is -2.55. The zero-order valence-corrected chi connectivity index (χ0v) is 17.4. The van der Waals surface area contributed by atoms with Crippen molar-refractivity contribution in [2.45, 2.75) is 31.0 Å². The van der Waals surface area contributed by atoms with Gasteiger partial charge < -0.3 is 4.90 Å². The van der Waals surface area contributed by atoms with Crippen LogP contribution in [0.2, 0.25) is 0 Å². The van der Waals surface area contributed by atoms with Gasteiger partial charge in [-0.1, -0.05) is 30.3 Å². The molecule has 5 rings (SSSR count). The molecular formula is C23H15F3N4OS. The third-order valence-electron chi connectivity index (χ3n) is 6.13. The molecule has 2 aromatic carbocycles. The van der Waals surface area contributed by atoms with E-state index in [4.69, 9.17) is 17.5 Å². The number of nitrogens with zero attached hydrogens (tertiary/aromatic N) is 4. The molecule has 2 aliphatic rings. The minimum Gasteiger partial charge on any atom is -0.303 e. The molecule has 5 nitrogen and oxygen atoms in total. The number of benzene rings is 2. The van der Waals surface area contributed by atoms with Crippen molar-refractivity contribution >= 4 is 45.4 Å². The predicted octanol–water partition coefficient (Wildman–Crippen LogP) is 5.19. The van der Waals surface area contributed by atoms with Crippen LogP contribution in [-0.4, -0.2) is 21.5 Å². The van der Waals surface area contributed by atoms with E-state index >= 15 is 0 Å². The van der Waals surface area contributed by atoms with E-state index in [1.54, 1.807) is 4.90 Å². The molecule has 1 aliphatic carbocycles. The van der Waals surface area contributed by atoms with Crippen molar-refractivity contribution in [1.82, 2.24) is 4.98 Å². The van der Waals surface area contributed by atoms with E-state index in [2.05, 4.69) is 4.98 Å². The number of carbonyl (C=O) groups excluding carboxylic acids is 1. The summed E-state index contributed by atoms with van der Waals surface area (Å²) in [6.45, 7) is 0. The summed E-state index contributed by atoms with van der Waals surface area (Å²) in [5.41, 5.74) is -2.25. The van der Waals surface area contributed by atoms with Gasteiger partial charge in [-0.05, 0) is 60.5 Å². The Labute approximate surface area is 186 Å². The first-order valence-corrected chi connectivity index (χ1v) is 10.3. The second-order valence-electron chi connectivity index (χ2n) is 7.87. The topological polar surface area (TPSA) is 60.2 Å². The molecule has 0 radical (unpaired) electrons. The molecule has 160 valence electrons. The summed E-state index contributed by atoms with van der Waals surface area (Å²) >= 11 is 5.63. The van der Waals surface area contributed by atoms with E-state index in [1.165, 1.54) is 6.07 Å². The number of anilines is 2. The number of carbonyl (C=O) groups is 1. The highest BCUT2D eigenvalue weighted by atomic mass is 32.1. The van der Waals surface area contributed by atoms with E-state index in [1.807, 2.05) is 42.5 Å². The molecule has 1 amide bonds. The number of amides is 1. The molecule has 0 N–H and O–H groups in total. The average Bonchev–Trinajstić information content (AvgIpc) is 2.99. The number of fused-ring (bicyclic) bond motifs is 1. The lowest BCUT2D eigenvalue weighted by atomic mass is 9.75. The minimum atomic E-state index is -4.79. The number of hydrogen-bond acceptors (Lipinski definition) is 4. The Balaban J connectivity index is 1.63. The molecule has 0 atom stereocenters. The molecule has 9 heteroatoms. The summed E-state index contributed by atoms with van der Waals surface area (Å²) in [5.74, 6) is -0.374. The van der Waals surface area contributed by atoms with Crippen molar-refractivity contribution in [3.05, 3.63) is 66.0 Å². The maximum atomic E-state index is 13.5. The lowest BCUT2D eigenvalue weighted by molar-refractivity contribution is -0.138. The Morgan fingerprint density at radius 3 is 2.41 bits per heavy atom. The van der Waals surface area contributed by atoms with Gasteiger partial charge in [0.15, 0.2) is 10.8 Å². The van der Waals surface area contributed by atoms with E-state index in [-0.39, 0.29) is 16.7 Å². The lowest BCUT2D eigenvalue weighted by Gasteiger charge is -2.43. The fraction of sp³-hybridized carbons (Fsp3) is 0.217. The maximum Gasteiger partial charge on any atom is 0.419 e. The Bertz CT molecular complexity index is 1330. The molecule has 1 saturated carbocycles. The van der Waals surface area contributed by atoms with Crippen molar-refractivity contribution in [1.29, 1.82) is 5.26 Å². The number of rotatable bonds is 2. The van der Waals surface area contributed by atoms with Gasteiger partial charge in [0.25, 0.3) is 5.91 Å². The maximum absolute atomic E-state index is 13.5. The van der Waals surface area contributed by atoms with E-state index in [0.29, 0.717) is 18.5 Å². The van der Waals surface area contributed by atoms with Gasteiger partial charge in [-0.15, -0.1) is 0 Å². The third kappa shape index (κ3) is 2.87. The van der Waals surface area contributed by atoms with Crippen LogP contribution in [-0.2, 0) is 11.0 Å². The van der Waals surface area contributed by atoms with E-state index < -0.39 is 23.0 Å². The molecule has 2 heterocycles. The number of pyridine rings is 1. The first-order valence-electron chi connectivity index (χ1n) is 9.91. The monoisotopic (exact) mass is 452 g/mol. The highest BCUT2D eigenvalue weighted by Gasteiger charge is 2.59. The minimum absolute atomic E-state index is 0.0964. The largest absolute Gasteiger partial charge is 0.419 e. The van der Waals surface area contributed by atoms with E-state index in [9.17, 15) is 18.0 Å². The fourth-order valence-electron chi connectivity index (χ4n) is 4.41. The van der Waals surface area contributed by atoms with Crippen molar-refractivity contribution in [3.63, 3.8) is 0 Å². The second kappa shape index (κ2) is 7.00. The number of halogens is 3. The van der Waals surface area contributed by atoms with Gasteiger partial charge in [-0.25, -0.2) is 4.98 Å². The number of thiocarbonyl (C=S) groups is 1. The Kier molecular flexibility index (Phi) is 4.46. The number of hydrogen-bond donors (Lipinski definition) is 0. The molecule has 0 unspecified atom stereocenters. The molecule has 0 bridgehead atoms. The van der Waals surface area contributed by atoms with Crippen molar-refractivity contribution < 1.29 is 18.0 Å². The number of alkyl halides is 3. The molecule has 1 aromatic heterocycles. The van der Waals surface area contributed by atoms with Crippen molar-refractivity contribution in [3.8, 4) is 6.07 Å². The first kappa shape index (κ1) is 20.4. The Morgan fingerprint density at radius 1 is 1.06 bits per heavy atom. The van der Waals surface area contributed by atoms with Crippen LogP contribution in [0.25, 0.3) is 10.8 Å². The van der Waals surface area contributed by atoms with Crippen LogP contribution in [0.1, 0.15) is 30.5 Å². The fourth-order valence-corrected chi connectivity index (χ4v) is 4.87. The van der Waals surface area contributed by atoms with Crippen molar-refractivity contribution in [2.75, 3.05) is 9.80 Å². The van der Waals surface area contributed by atoms with Gasteiger partial charge in [-0.2, -0.15) is 18.4 Å². The normalized spacial score (nSPS) is 17.7. The standard InChI is InChI=1S/C23H15F3N4OS/c24-23(25,26)18-11-17(13-28-19(18)12-27)29-20(31)22(8-3-9-22)30(21(29)32)16-7-6-14-4-1-2-5-15(14)10-16/h1-2,4-7,10-11,13H,3,8-9H2. The predicted molar refractivity (Wildman–Crippen MR) is 117 cm³/mol. The zero-order valence-electron chi connectivity index (χ0n) is 16.6. The van der Waals surface area contributed by atoms with Crippen LogP contribution in [0.3, 0.4) is 0 Å². The summed E-state index contributed by atoms with van der Waals surface area (Å²) in [5, 5.41) is 11.1. The quantitative estimate of drug-likeness (QED) is 0.501. The van der Waals surface area contributed by atoms with E-state index in [0.717, 1.165) is 34.4 Å². The average molecular weight is 452 g/mol. The second-order valence-corrected chi connectivity index (χ2v) is 8.24. The summed E-state index contributed by atoms with van der Waals surface area (Å²) in [4.78, 5) is 20.0. The molecule has 3 aromatic rings. The SMILES string of the molecule is N#Cc1ncc(N2C(=O)C3(CCC3)N(c3ccc4ccccc4c3)C2=S)cc1C(F)(F)F.